The SMILES string of the molecule is CC1CCC(C(NC(=O)N2CCC[C@@H]2C)C(=O)Nc2cc3c(cn2)C2(CCOCC2)C(=O)N3)CC1. The van der Waals surface area contributed by atoms with E-state index in [4.69, 9.17) is 4.74 Å². The minimum absolute atomic E-state index is 0.0257. The molecule has 9 heteroatoms. The molecule has 4 amide bonds. The summed E-state index contributed by atoms with van der Waals surface area (Å²) in [6.45, 7) is 6.11. The highest BCUT2D eigenvalue weighted by Crippen LogP contribution is 2.44. The molecule has 3 aliphatic heterocycles. The van der Waals surface area contributed by atoms with Crippen molar-refractivity contribution >= 4 is 29.4 Å². The van der Waals surface area contributed by atoms with Crippen LogP contribution in [-0.4, -0.2) is 59.6 Å². The van der Waals surface area contributed by atoms with Crippen LogP contribution in [-0.2, 0) is 19.7 Å². The second kappa shape index (κ2) is 9.76. The molecule has 0 bridgehead atoms. The summed E-state index contributed by atoms with van der Waals surface area (Å²) in [6.07, 6.45) is 8.87. The zero-order chi connectivity index (χ0) is 24.6. The average Bonchev–Trinajstić information content (AvgIpc) is 3.39. The molecule has 2 atom stereocenters. The summed E-state index contributed by atoms with van der Waals surface area (Å²) in [5, 5.41) is 8.98. The number of urea groups is 1. The number of rotatable bonds is 4. The van der Waals surface area contributed by atoms with E-state index in [0.717, 1.165) is 50.6 Å². The largest absolute Gasteiger partial charge is 0.381 e. The predicted molar refractivity (Wildman–Crippen MR) is 132 cm³/mol. The van der Waals surface area contributed by atoms with Gasteiger partial charge in [0.1, 0.15) is 11.9 Å². The van der Waals surface area contributed by atoms with Gasteiger partial charge in [-0.3, -0.25) is 9.59 Å². The normalized spacial score (nSPS) is 28.3. The van der Waals surface area contributed by atoms with Crippen LogP contribution in [0.4, 0.5) is 16.3 Å². The van der Waals surface area contributed by atoms with E-state index in [1.807, 2.05) is 4.90 Å². The van der Waals surface area contributed by atoms with Gasteiger partial charge >= 0.3 is 6.03 Å². The topological polar surface area (TPSA) is 113 Å². The standard InChI is InChI=1S/C26H37N5O4/c1-16-5-7-18(8-6-16)22(30-25(34)31-11-3-4-17(31)2)23(32)29-21-14-20-19(15-27-21)26(24(33)28-20)9-12-35-13-10-26/h14-18,22H,3-13H2,1-2H3,(H,28,33)(H,30,34)(H,27,29,32)/t16?,17-,18?,22?/m0/s1. The van der Waals surface area contributed by atoms with Crippen molar-refractivity contribution in [2.24, 2.45) is 11.8 Å². The molecule has 190 valence electrons. The minimum atomic E-state index is -0.616. The first-order chi connectivity index (χ1) is 16.9. The average molecular weight is 484 g/mol. The minimum Gasteiger partial charge on any atom is -0.381 e. The van der Waals surface area contributed by atoms with Crippen LogP contribution in [0.2, 0.25) is 0 Å². The molecule has 3 fully saturated rings. The number of fused-ring (bicyclic) bond motifs is 2. The molecule has 0 radical (unpaired) electrons. The van der Waals surface area contributed by atoms with Crippen molar-refractivity contribution < 1.29 is 19.1 Å². The molecule has 2 saturated heterocycles. The van der Waals surface area contributed by atoms with Gasteiger partial charge in [0.15, 0.2) is 0 Å². The van der Waals surface area contributed by atoms with Crippen LogP contribution in [0.1, 0.15) is 70.8 Å². The van der Waals surface area contributed by atoms with Gasteiger partial charge in [-0.1, -0.05) is 19.8 Å². The summed E-state index contributed by atoms with van der Waals surface area (Å²) in [4.78, 5) is 45.7. The zero-order valence-electron chi connectivity index (χ0n) is 20.8. The molecule has 4 heterocycles. The van der Waals surface area contributed by atoms with Gasteiger partial charge in [-0.25, -0.2) is 9.78 Å². The number of pyridine rings is 1. The Balaban J connectivity index is 1.33. The van der Waals surface area contributed by atoms with Crippen LogP contribution in [0, 0.1) is 11.8 Å². The molecule has 5 rings (SSSR count). The number of hydrogen-bond acceptors (Lipinski definition) is 5. The van der Waals surface area contributed by atoms with Crippen molar-refractivity contribution in [3.05, 3.63) is 17.8 Å². The molecular weight excluding hydrogens is 446 g/mol. The van der Waals surface area contributed by atoms with E-state index >= 15 is 0 Å². The van der Waals surface area contributed by atoms with Crippen LogP contribution in [0.3, 0.4) is 0 Å². The zero-order valence-corrected chi connectivity index (χ0v) is 20.8. The highest BCUT2D eigenvalue weighted by atomic mass is 16.5. The van der Waals surface area contributed by atoms with E-state index in [9.17, 15) is 14.4 Å². The van der Waals surface area contributed by atoms with Gasteiger partial charge in [-0.15, -0.1) is 0 Å². The molecule has 1 aromatic heterocycles. The summed E-state index contributed by atoms with van der Waals surface area (Å²) in [7, 11) is 0. The Morgan fingerprint density at radius 1 is 1.17 bits per heavy atom. The number of carbonyl (C=O) groups excluding carboxylic acids is 3. The smallest absolute Gasteiger partial charge is 0.318 e. The maximum absolute atomic E-state index is 13.5. The van der Waals surface area contributed by atoms with Gasteiger partial charge in [0.05, 0.1) is 11.1 Å². The summed E-state index contributed by atoms with van der Waals surface area (Å²) in [5.74, 6) is 0.845. The molecule has 1 unspecified atom stereocenters. The first-order valence-corrected chi connectivity index (χ1v) is 13.1. The second-order valence-electron chi connectivity index (χ2n) is 10.9. The molecule has 4 aliphatic rings. The van der Waals surface area contributed by atoms with Gasteiger partial charge in [0.25, 0.3) is 0 Å². The number of likely N-dealkylation sites (tertiary alicyclic amines) is 1. The van der Waals surface area contributed by atoms with E-state index in [2.05, 4.69) is 34.8 Å². The van der Waals surface area contributed by atoms with Gasteiger partial charge in [-0.05, 0) is 57.3 Å². The highest BCUT2D eigenvalue weighted by molar-refractivity contribution is 6.07. The number of aromatic nitrogens is 1. The van der Waals surface area contributed by atoms with Gasteiger partial charge < -0.3 is 25.6 Å². The summed E-state index contributed by atoms with van der Waals surface area (Å²) < 4.78 is 5.47. The number of hydrogen-bond donors (Lipinski definition) is 3. The van der Waals surface area contributed by atoms with Crippen molar-refractivity contribution in [2.45, 2.75) is 82.7 Å². The molecule has 0 aromatic carbocycles. The molecule has 9 nitrogen and oxygen atoms in total. The number of carbonyl (C=O) groups is 3. The van der Waals surface area contributed by atoms with Crippen LogP contribution in [0.15, 0.2) is 12.3 Å². The number of ether oxygens (including phenoxy) is 1. The van der Waals surface area contributed by atoms with Gasteiger partial charge in [0.2, 0.25) is 11.8 Å². The highest BCUT2D eigenvalue weighted by Gasteiger charge is 2.48. The Morgan fingerprint density at radius 2 is 1.91 bits per heavy atom. The maximum atomic E-state index is 13.5. The summed E-state index contributed by atoms with van der Waals surface area (Å²) >= 11 is 0. The Hall–Kier alpha value is -2.68. The number of anilines is 2. The summed E-state index contributed by atoms with van der Waals surface area (Å²) in [5.41, 5.74) is 0.975. The lowest BCUT2D eigenvalue weighted by Gasteiger charge is -2.34. The fourth-order valence-electron chi connectivity index (χ4n) is 6.26. The third-order valence-corrected chi connectivity index (χ3v) is 8.61. The molecule has 3 N–H and O–H groups in total. The van der Waals surface area contributed by atoms with Crippen molar-refractivity contribution in [3.63, 3.8) is 0 Å². The third-order valence-electron chi connectivity index (χ3n) is 8.61. The van der Waals surface area contributed by atoms with Crippen LogP contribution in [0.5, 0.6) is 0 Å². The predicted octanol–water partition coefficient (Wildman–Crippen LogP) is 3.41. The molecular formula is C26H37N5O4. The van der Waals surface area contributed by atoms with E-state index < -0.39 is 11.5 Å². The van der Waals surface area contributed by atoms with E-state index in [0.29, 0.717) is 43.5 Å². The quantitative estimate of drug-likeness (QED) is 0.608. The first-order valence-electron chi connectivity index (χ1n) is 13.1. The fourth-order valence-corrected chi connectivity index (χ4v) is 6.26. The number of nitrogens with zero attached hydrogens (tertiary/aromatic N) is 2. The van der Waals surface area contributed by atoms with Crippen molar-refractivity contribution in [3.8, 4) is 0 Å². The summed E-state index contributed by atoms with van der Waals surface area (Å²) in [6, 6.07) is 1.14. The first kappa shape index (κ1) is 24.0. The Labute approximate surface area is 206 Å². The molecule has 1 saturated carbocycles. The van der Waals surface area contributed by atoms with Gasteiger partial charge in [-0.2, -0.15) is 0 Å². The molecule has 35 heavy (non-hydrogen) atoms. The maximum Gasteiger partial charge on any atom is 0.318 e. The monoisotopic (exact) mass is 483 g/mol. The van der Waals surface area contributed by atoms with E-state index in [1.165, 1.54) is 0 Å². The Bertz CT molecular complexity index is 984. The van der Waals surface area contributed by atoms with Crippen molar-refractivity contribution in [2.75, 3.05) is 30.4 Å². The molecule has 1 aromatic rings. The Morgan fingerprint density at radius 3 is 2.60 bits per heavy atom. The van der Waals surface area contributed by atoms with E-state index in [-0.39, 0.29) is 29.8 Å². The molecule has 1 aliphatic carbocycles. The van der Waals surface area contributed by atoms with Crippen LogP contribution >= 0.6 is 0 Å². The molecule has 1 spiro atoms. The second-order valence-corrected chi connectivity index (χ2v) is 10.9. The Kier molecular flexibility index (Phi) is 6.70. The van der Waals surface area contributed by atoms with Crippen LogP contribution in [0.25, 0.3) is 0 Å². The third kappa shape index (κ3) is 4.62. The van der Waals surface area contributed by atoms with Crippen molar-refractivity contribution in [1.82, 2.24) is 15.2 Å². The lowest BCUT2D eigenvalue weighted by atomic mass is 9.76. The number of nitrogens with one attached hydrogen (secondary N) is 3. The fraction of sp³-hybridized carbons (Fsp3) is 0.692. The van der Waals surface area contributed by atoms with Gasteiger partial charge in [0, 0.05) is 43.6 Å². The van der Waals surface area contributed by atoms with Crippen molar-refractivity contribution in [1.29, 1.82) is 0 Å². The van der Waals surface area contributed by atoms with Crippen LogP contribution < -0.4 is 16.0 Å². The number of amides is 4. The van der Waals surface area contributed by atoms with E-state index in [1.54, 1.807) is 12.3 Å². The lowest BCUT2D eigenvalue weighted by molar-refractivity contribution is -0.124. The lowest BCUT2D eigenvalue weighted by Crippen LogP contribution is -2.53.